The van der Waals surface area contributed by atoms with Gasteiger partial charge in [-0.3, -0.25) is 0 Å². The zero-order valence-corrected chi connectivity index (χ0v) is 9.74. The molecule has 0 aliphatic carbocycles. The molecule has 0 fully saturated rings. The first-order chi connectivity index (χ1) is 7.04. The lowest BCUT2D eigenvalue weighted by molar-refractivity contribution is 0.178. The molecule has 0 heterocycles. The molecule has 0 radical (unpaired) electrons. The van der Waals surface area contributed by atoms with Crippen molar-refractivity contribution < 1.29 is 9.84 Å². The lowest BCUT2D eigenvalue weighted by Gasteiger charge is -2.18. The summed E-state index contributed by atoms with van der Waals surface area (Å²) in [6, 6.07) is 5.92. The van der Waals surface area contributed by atoms with Crippen LogP contribution in [-0.4, -0.2) is 24.4 Å². The standard InChI is InChI=1S/C12H19NO2/c1-8-7-11(5-6-12(8)15-4)13-9(2)10(3)14/h5-7,9-10,13-14H,1-4H3. The number of methoxy groups -OCH3 is 1. The number of benzene rings is 1. The van der Waals surface area contributed by atoms with Crippen molar-refractivity contribution in [2.75, 3.05) is 12.4 Å². The molecule has 3 heteroatoms. The molecular weight excluding hydrogens is 190 g/mol. The van der Waals surface area contributed by atoms with Crippen molar-refractivity contribution in [3.05, 3.63) is 23.8 Å². The Morgan fingerprint density at radius 1 is 1.33 bits per heavy atom. The number of anilines is 1. The fourth-order valence-electron chi connectivity index (χ4n) is 1.35. The van der Waals surface area contributed by atoms with Crippen LogP contribution >= 0.6 is 0 Å². The number of hydrogen-bond acceptors (Lipinski definition) is 3. The Morgan fingerprint density at radius 3 is 2.47 bits per heavy atom. The lowest BCUT2D eigenvalue weighted by atomic mass is 10.1. The molecule has 0 aliphatic heterocycles. The van der Waals surface area contributed by atoms with E-state index in [1.54, 1.807) is 14.0 Å². The van der Waals surface area contributed by atoms with Crippen molar-refractivity contribution in [3.63, 3.8) is 0 Å². The molecule has 0 amide bonds. The van der Waals surface area contributed by atoms with Gasteiger partial charge >= 0.3 is 0 Å². The summed E-state index contributed by atoms with van der Waals surface area (Å²) in [5, 5.41) is 12.6. The zero-order valence-electron chi connectivity index (χ0n) is 9.74. The van der Waals surface area contributed by atoms with Gasteiger partial charge in [-0.2, -0.15) is 0 Å². The van der Waals surface area contributed by atoms with Crippen molar-refractivity contribution in [3.8, 4) is 5.75 Å². The highest BCUT2D eigenvalue weighted by Gasteiger charge is 2.08. The van der Waals surface area contributed by atoms with Crippen LogP contribution in [0.1, 0.15) is 19.4 Å². The van der Waals surface area contributed by atoms with Gasteiger partial charge in [-0.25, -0.2) is 0 Å². The monoisotopic (exact) mass is 209 g/mol. The molecular formula is C12H19NO2. The van der Waals surface area contributed by atoms with Crippen LogP contribution in [0.4, 0.5) is 5.69 Å². The SMILES string of the molecule is COc1ccc(NC(C)C(C)O)cc1C. The smallest absolute Gasteiger partial charge is 0.121 e. The van der Waals surface area contributed by atoms with Crippen molar-refractivity contribution in [2.45, 2.75) is 32.9 Å². The molecule has 1 aromatic rings. The minimum atomic E-state index is -0.368. The number of rotatable bonds is 4. The predicted octanol–water partition coefficient (Wildman–Crippen LogP) is 2.18. The third kappa shape index (κ3) is 3.13. The van der Waals surface area contributed by atoms with E-state index in [1.807, 2.05) is 32.0 Å². The average molecular weight is 209 g/mol. The average Bonchev–Trinajstić information content (AvgIpc) is 2.18. The summed E-state index contributed by atoms with van der Waals surface area (Å²) in [4.78, 5) is 0. The van der Waals surface area contributed by atoms with Crippen LogP contribution in [0.25, 0.3) is 0 Å². The van der Waals surface area contributed by atoms with Crippen LogP contribution < -0.4 is 10.1 Å². The molecule has 0 aromatic heterocycles. The highest BCUT2D eigenvalue weighted by atomic mass is 16.5. The molecule has 0 bridgehead atoms. The number of hydrogen-bond donors (Lipinski definition) is 2. The van der Waals surface area contributed by atoms with E-state index in [4.69, 9.17) is 4.74 Å². The molecule has 2 atom stereocenters. The van der Waals surface area contributed by atoms with Crippen LogP contribution in [0.5, 0.6) is 5.75 Å². The molecule has 0 saturated carbocycles. The molecule has 3 nitrogen and oxygen atoms in total. The van der Waals surface area contributed by atoms with Crippen LogP contribution in [0.3, 0.4) is 0 Å². The number of aliphatic hydroxyl groups excluding tert-OH is 1. The third-order valence-corrected chi connectivity index (χ3v) is 2.51. The quantitative estimate of drug-likeness (QED) is 0.798. The van der Waals surface area contributed by atoms with Crippen LogP contribution in [-0.2, 0) is 0 Å². The van der Waals surface area contributed by atoms with Crippen LogP contribution in [0.2, 0.25) is 0 Å². The second-order valence-corrected chi connectivity index (χ2v) is 3.86. The summed E-state index contributed by atoms with van der Waals surface area (Å²) in [6.45, 7) is 5.72. The second kappa shape index (κ2) is 5.03. The third-order valence-electron chi connectivity index (χ3n) is 2.51. The zero-order chi connectivity index (χ0) is 11.4. The number of nitrogens with one attached hydrogen (secondary N) is 1. The van der Waals surface area contributed by atoms with E-state index in [0.717, 1.165) is 17.0 Å². The molecule has 2 N–H and O–H groups in total. The molecule has 15 heavy (non-hydrogen) atoms. The first-order valence-corrected chi connectivity index (χ1v) is 5.14. The molecule has 2 unspecified atom stereocenters. The van der Waals surface area contributed by atoms with Crippen molar-refractivity contribution in [1.82, 2.24) is 0 Å². The minimum absolute atomic E-state index is 0.0396. The Morgan fingerprint density at radius 2 is 2.00 bits per heavy atom. The number of ether oxygens (including phenoxy) is 1. The van der Waals surface area contributed by atoms with Crippen molar-refractivity contribution in [1.29, 1.82) is 0 Å². The van der Waals surface area contributed by atoms with E-state index in [9.17, 15) is 5.11 Å². The fourth-order valence-corrected chi connectivity index (χ4v) is 1.35. The van der Waals surface area contributed by atoms with Gasteiger partial charge < -0.3 is 15.2 Å². The van der Waals surface area contributed by atoms with Gasteiger partial charge in [0.2, 0.25) is 0 Å². The van der Waals surface area contributed by atoms with Crippen molar-refractivity contribution in [2.24, 2.45) is 0 Å². The predicted molar refractivity (Wildman–Crippen MR) is 62.5 cm³/mol. The van der Waals surface area contributed by atoms with Crippen LogP contribution in [0.15, 0.2) is 18.2 Å². The maximum absolute atomic E-state index is 9.37. The highest BCUT2D eigenvalue weighted by molar-refractivity contribution is 5.51. The van der Waals surface area contributed by atoms with Crippen molar-refractivity contribution >= 4 is 5.69 Å². The van der Waals surface area contributed by atoms with E-state index < -0.39 is 0 Å². The molecule has 0 saturated heterocycles. The normalized spacial score (nSPS) is 14.5. The summed E-state index contributed by atoms with van der Waals surface area (Å²) in [5.74, 6) is 0.880. The second-order valence-electron chi connectivity index (χ2n) is 3.86. The molecule has 1 rings (SSSR count). The molecule has 1 aromatic carbocycles. The Labute approximate surface area is 91.1 Å². The Balaban J connectivity index is 2.75. The molecule has 0 spiro atoms. The van der Waals surface area contributed by atoms with E-state index >= 15 is 0 Å². The van der Waals surface area contributed by atoms with Gasteiger partial charge in [-0.05, 0) is 44.5 Å². The summed E-state index contributed by atoms with van der Waals surface area (Å²) >= 11 is 0. The van der Waals surface area contributed by atoms with Gasteiger partial charge in [0.05, 0.1) is 13.2 Å². The summed E-state index contributed by atoms with van der Waals surface area (Å²) in [6.07, 6.45) is -0.368. The van der Waals surface area contributed by atoms with Gasteiger partial charge in [-0.15, -0.1) is 0 Å². The van der Waals surface area contributed by atoms with Crippen LogP contribution in [0, 0.1) is 6.92 Å². The molecule has 0 aliphatic rings. The maximum Gasteiger partial charge on any atom is 0.121 e. The summed E-state index contributed by atoms with van der Waals surface area (Å²) < 4.78 is 5.18. The van der Waals surface area contributed by atoms with E-state index in [-0.39, 0.29) is 12.1 Å². The van der Waals surface area contributed by atoms with E-state index in [1.165, 1.54) is 0 Å². The summed E-state index contributed by atoms with van der Waals surface area (Å²) in [5.41, 5.74) is 2.09. The Kier molecular flexibility index (Phi) is 3.97. The van der Waals surface area contributed by atoms with Gasteiger partial charge in [0.25, 0.3) is 0 Å². The largest absolute Gasteiger partial charge is 0.496 e. The Hall–Kier alpha value is -1.22. The number of aliphatic hydroxyl groups is 1. The van der Waals surface area contributed by atoms with Gasteiger partial charge in [0.1, 0.15) is 5.75 Å². The van der Waals surface area contributed by atoms with Gasteiger partial charge in [-0.1, -0.05) is 0 Å². The first-order valence-electron chi connectivity index (χ1n) is 5.14. The Bertz CT molecular complexity index is 323. The fraction of sp³-hybridized carbons (Fsp3) is 0.500. The van der Waals surface area contributed by atoms with Gasteiger partial charge in [0, 0.05) is 11.7 Å². The lowest BCUT2D eigenvalue weighted by Crippen LogP contribution is -2.27. The molecule has 84 valence electrons. The van der Waals surface area contributed by atoms with Gasteiger partial charge in [0.15, 0.2) is 0 Å². The topological polar surface area (TPSA) is 41.5 Å². The van der Waals surface area contributed by atoms with E-state index in [2.05, 4.69) is 5.32 Å². The first kappa shape index (κ1) is 11.9. The van der Waals surface area contributed by atoms with E-state index in [0.29, 0.717) is 0 Å². The minimum Gasteiger partial charge on any atom is -0.496 e. The maximum atomic E-state index is 9.37. The highest BCUT2D eigenvalue weighted by Crippen LogP contribution is 2.22. The number of aryl methyl sites for hydroxylation is 1. The summed E-state index contributed by atoms with van der Waals surface area (Å²) in [7, 11) is 1.66.